The number of nitrogens with zero attached hydrogens (tertiary/aromatic N) is 1. The molecule has 15 heavy (non-hydrogen) atoms. The van der Waals surface area contributed by atoms with E-state index in [4.69, 9.17) is 0 Å². The second-order valence-corrected chi connectivity index (χ2v) is 4.84. The third-order valence-electron chi connectivity index (χ3n) is 4.05. The summed E-state index contributed by atoms with van der Waals surface area (Å²) in [5.41, 5.74) is -0.0488. The van der Waals surface area contributed by atoms with Crippen LogP contribution in [-0.2, 0) is 0 Å². The summed E-state index contributed by atoms with van der Waals surface area (Å²) in [4.78, 5) is 2.29. The predicted octanol–water partition coefficient (Wildman–Crippen LogP) is 2.02. The Labute approximate surface area is 89.3 Å². The molecule has 2 nitrogen and oxygen atoms in total. The van der Waals surface area contributed by atoms with Crippen molar-refractivity contribution in [1.29, 1.82) is 0 Å². The van der Waals surface area contributed by atoms with Crippen molar-refractivity contribution >= 4 is 0 Å². The maximum atomic E-state index is 12.1. The summed E-state index contributed by atoms with van der Waals surface area (Å²) < 4.78 is 24.3. The van der Waals surface area contributed by atoms with Crippen LogP contribution in [-0.4, -0.2) is 41.2 Å². The lowest BCUT2D eigenvalue weighted by Gasteiger charge is -2.33. The van der Waals surface area contributed by atoms with Crippen molar-refractivity contribution in [2.45, 2.75) is 56.5 Å². The Morgan fingerprint density at radius 2 is 2.20 bits per heavy atom. The Kier molecular flexibility index (Phi) is 3.26. The van der Waals surface area contributed by atoms with E-state index in [0.29, 0.717) is 6.42 Å². The van der Waals surface area contributed by atoms with Crippen molar-refractivity contribution in [1.82, 2.24) is 4.90 Å². The first-order valence-electron chi connectivity index (χ1n) is 5.84. The zero-order chi connectivity index (χ0) is 10.9. The standard InChI is InChI=1S/C11H19F2NO/c12-10(13)3-2-9-4-6-11(8-15)5-1-7-14(9)11/h9-10,15H,1-8H2/t9-,11-/m1/s1. The van der Waals surface area contributed by atoms with Gasteiger partial charge in [0.25, 0.3) is 0 Å². The van der Waals surface area contributed by atoms with Gasteiger partial charge in [0.05, 0.1) is 6.61 Å². The molecule has 2 fully saturated rings. The van der Waals surface area contributed by atoms with Gasteiger partial charge in [-0.15, -0.1) is 0 Å². The molecule has 0 spiro atoms. The smallest absolute Gasteiger partial charge is 0.238 e. The van der Waals surface area contributed by atoms with E-state index in [-0.39, 0.29) is 24.6 Å². The van der Waals surface area contributed by atoms with Gasteiger partial charge in [0, 0.05) is 18.0 Å². The molecule has 1 N–H and O–H groups in total. The normalized spacial score (nSPS) is 36.4. The summed E-state index contributed by atoms with van der Waals surface area (Å²) in [6.45, 7) is 1.17. The van der Waals surface area contributed by atoms with E-state index in [1.165, 1.54) is 0 Å². The zero-order valence-corrected chi connectivity index (χ0v) is 8.96. The zero-order valence-electron chi connectivity index (χ0n) is 8.96. The van der Waals surface area contributed by atoms with Crippen LogP contribution in [0.15, 0.2) is 0 Å². The Balaban J connectivity index is 1.93. The molecule has 0 unspecified atom stereocenters. The van der Waals surface area contributed by atoms with Gasteiger partial charge in [0.15, 0.2) is 0 Å². The van der Waals surface area contributed by atoms with E-state index in [1.54, 1.807) is 0 Å². The number of halogens is 2. The molecule has 0 amide bonds. The molecule has 0 saturated carbocycles. The van der Waals surface area contributed by atoms with Crippen LogP contribution in [0.3, 0.4) is 0 Å². The van der Waals surface area contributed by atoms with Gasteiger partial charge in [-0.25, -0.2) is 8.78 Å². The van der Waals surface area contributed by atoms with Crippen molar-refractivity contribution < 1.29 is 13.9 Å². The van der Waals surface area contributed by atoms with Gasteiger partial charge in [-0.05, 0) is 38.6 Å². The molecule has 0 bridgehead atoms. The van der Waals surface area contributed by atoms with Crippen molar-refractivity contribution in [3.63, 3.8) is 0 Å². The highest BCUT2D eigenvalue weighted by Crippen LogP contribution is 2.43. The summed E-state index contributed by atoms with van der Waals surface area (Å²) in [6.07, 6.45) is 2.50. The van der Waals surface area contributed by atoms with Gasteiger partial charge in [-0.1, -0.05) is 0 Å². The summed E-state index contributed by atoms with van der Waals surface area (Å²) in [5, 5.41) is 9.43. The molecule has 2 saturated heterocycles. The Hall–Kier alpha value is -0.220. The highest BCUT2D eigenvalue weighted by atomic mass is 19.3. The fourth-order valence-corrected chi connectivity index (χ4v) is 3.26. The monoisotopic (exact) mass is 219 g/mol. The van der Waals surface area contributed by atoms with Crippen LogP contribution in [0.4, 0.5) is 8.78 Å². The van der Waals surface area contributed by atoms with Crippen molar-refractivity contribution in [3.8, 4) is 0 Å². The molecule has 0 aromatic rings. The van der Waals surface area contributed by atoms with Crippen LogP contribution in [0.5, 0.6) is 0 Å². The Bertz CT molecular complexity index is 225. The molecule has 2 rings (SSSR count). The van der Waals surface area contributed by atoms with Gasteiger partial charge in [0.1, 0.15) is 0 Å². The maximum Gasteiger partial charge on any atom is 0.238 e. The van der Waals surface area contributed by atoms with E-state index in [9.17, 15) is 13.9 Å². The number of hydrogen-bond acceptors (Lipinski definition) is 2. The number of aliphatic hydroxyl groups excluding tert-OH is 1. The molecule has 2 atom stereocenters. The van der Waals surface area contributed by atoms with E-state index in [1.807, 2.05) is 0 Å². The number of aliphatic hydroxyl groups is 1. The van der Waals surface area contributed by atoms with Crippen LogP contribution < -0.4 is 0 Å². The van der Waals surface area contributed by atoms with Gasteiger partial charge in [0.2, 0.25) is 6.43 Å². The van der Waals surface area contributed by atoms with Crippen LogP contribution in [0.1, 0.15) is 38.5 Å². The Morgan fingerprint density at radius 3 is 2.87 bits per heavy atom. The van der Waals surface area contributed by atoms with E-state index in [0.717, 1.165) is 32.2 Å². The summed E-state index contributed by atoms with van der Waals surface area (Å²) in [5.74, 6) is 0. The molecule has 0 radical (unpaired) electrons. The lowest BCUT2D eigenvalue weighted by Crippen LogP contribution is -2.45. The predicted molar refractivity (Wildman–Crippen MR) is 54.0 cm³/mol. The number of fused-ring (bicyclic) bond motifs is 1. The van der Waals surface area contributed by atoms with Crippen molar-refractivity contribution in [3.05, 3.63) is 0 Å². The Morgan fingerprint density at radius 1 is 1.40 bits per heavy atom. The average molecular weight is 219 g/mol. The van der Waals surface area contributed by atoms with Crippen LogP contribution in [0, 0.1) is 0 Å². The van der Waals surface area contributed by atoms with Crippen molar-refractivity contribution in [2.24, 2.45) is 0 Å². The molecule has 0 aromatic heterocycles. The fraction of sp³-hybridized carbons (Fsp3) is 1.00. The molecule has 88 valence electrons. The summed E-state index contributed by atoms with van der Waals surface area (Å²) in [7, 11) is 0. The first-order valence-corrected chi connectivity index (χ1v) is 5.84. The van der Waals surface area contributed by atoms with Crippen LogP contribution in [0.25, 0.3) is 0 Å². The van der Waals surface area contributed by atoms with E-state index < -0.39 is 6.43 Å². The fourth-order valence-electron chi connectivity index (χ4n) is 3.26. The highest BCUT2D eigenvalue weighted by molar-refractivity contribution is 5.03. The number of alkyl halides is 2. The lowest BCUT2D eigenvalue weighted by atomic mass is 9.95. The van der Waals surface area contributed by atoms with Crippen molar-refractivity contribution in [2.75, 3.05) is 13.2 Å². The molecule has 2 heterocycles. The molecule has 0 aromatic carbocycles. The first kappa shape index (κ1) is 11.3. The van der Waals surface area contributed by atoms with Crippen LogP contribution in [0.2, 0.25) is 0 Å². The third kappa shape index (κ3) is 2.02. The minimum atomic E-state index is -2.18. The minimum Gasteiger partial charge on any atom is -0.394 e. The second kappa shape index (κ2) is 4.34. The van der Waals surface area contributed by atoms with Crippen LogP contribution >= 0.6 is 0 Å². The maximum absolute atomic E-state index is 12.1. The van der Waals surface area contributed by atoms with Gasteiger partial charge >= 0.3 is 0 Å². The molecule has 4 heteroatoms. The largest absolute Gasteiger partial charge is 0.394 e. The second-order valence-electron chi connectivity index (χ2n) is 4.84. The molecule has 0 aliphatic carbocycles. The third-order valence-corrected chi connectivity index (χ3v) is 4.05. The average Bonchev–Trinajstić information content (AvgIpc) is 2.73. The summed E-state index contributed by atoms with van der Waals surface area (Å²) in [6, 6.07) is 0.286. The SMILES string of the molecule is OC[C@]12CCCN1[C@H](CCC(F)F)CC2. The molecular weight excluding hydrogens is 200 g/mol. The van der Waals surface area contributed by atoms with Gasteiger partial charge in [-0.3, -0.25) is 4.90 Å². The van der Waals surface area contributed by atoms with Gasteiger partial charge in [-0.2, -0.15) is 0 Å². The molecular formula is C11H19F2NO. The van der Waals surface area contributed by atoms with Gasteiger partial charge < -0.3 is 5.11 Å². The number of hydrogen-bond donors (Lipinski definition) is 1. The lowest BCUT2D eigenvalue weighted by molar-refractivity contribution is 0.0653. The summed E-state index contributed by atoms with van der Waals surface area (Å²) >= 11 is 0. The molecule has 2 aliphatic heterocycles. The van der Waals surface area contributed by atoms with E-state index >= 15 is 0 Å². The quantitative estimate of drug-likeness (QED) is 0.782. The topological polar surface area (TPSA) is 23.5 Å². The van der Waals surface area contributed by atoms with E-state index in [2.05, 4.69) is 4.90 Å². The molecule has 2 aliphatic rings. The first-order chi connectivity index (χ1) is 7.18. The highest BCUT2D eigenvalue weighted by Gasteiger charge is 2.48. The minimum absolute atomic E-state index is 0.00265. The number of rotatable bonds is 4.